The van der Waals surface area contributed by atoms with Crippen molar-refractivity contribution in [3.63, 3.8) is 0 Å². The number of fused-ring (bicyclic) bond motifs is 12. The average molecular weight is 413 g/mol. The molecule has 0 aromatic heterocycles. The minimum atomic E-state index is -0.933. The van der Waals surface area contributed by atoms with Crippen molar-refractivity contribution in [2.75, 3.05) is 6.61 Å². The van der Waals surface area contributed by atoms with Gasteiger partial charge in [0.1, 0.15) is 0 Å². The van der Waals surface area contributed by atoms with Crippen LogP contribution in [0.4, 0.5) is 0 Å². The van der Waals surface area contributed by atoms with Crippen LogP contribution in [0.3, 0.4) is 0 Å². The number of carbonyl (C=O) groups is 2. The molecule has 0 spiro atoms. The molecule has 2 aliphatic carbocycles. The zero-order valence-corrected chi connectivity index (χ0v) is 15.5. The van der Waals surface area contributed by atoms with Gasteiger partial charge in [0.25, 0.3) is 11.8 Å². The van der Waals surface area contributed by atoms with Crippen LogP contribution in [0, 0.1) is 23.7 Å². The second kappa shape index (κ2) is 4.62. The maximum Gasteiger partial charge on any atom is 0.260 e. The molecule has 0 radical (unpaired) electrons. The third-order valence-electron chi connectivity index (χ3n) is 6.23. The van der Waals surface area contributed by atoms with Crippen molar-refractivity contribution < 1.29 is 19.2 Å². The van der Waals surface area contributed by atoms with Gasteiger partial charge in [-0.2, -0.15) is 5.06 Å². The fourth-order valence-corrected chi connectivity index (χ4v) is 7.54. The summed E-state index contributed by atoms with van der Waals surface area (Å²) >= 11 is 26.4. The van der Waals surface area contributed by atoms with Gasteiger partial charge in [-0.05, 0) is 13.3 Å². The molecule has 0 aromatic carbocycles. The van der Waals surface area contributed by atoms with Gasteiger partial charge in [0, 0.05) is 11.8 Å². The van der Waals surface area contributed by atoms with E-state index >= 15 is 0 Å². The highest BCUT2D eigenvalue weighted by molar-refractivity contribution is 6.51. The lowest BCUT2D eigenvalue weighted by Crippen LogP contribution is -2.50. The molecule has 1 saturated carbocycles. The molecule has 8 atom stereocenters. The van der Waals surface area contributed by atoms with E-state index in [9.17, 15) is 9.59 Å². The first-order valence-electron chi connectivity index (χ1n) is 7.87. The van der Waals surface area contributed by atoms with E-state index in [1.807, 2.05) is 0 Å². The monoisotopic (exact) mass is 411 g/mol. The van der Waals surface area contributed by atoms with Crippen LogP contribution in [0.1, 0.15) is 13.3 Å². The molecule has 3 heterocycles. The van der Waals surface area contributed by atoms with Crippen molar-refractivity contribution >= 4 is 58.2 Å². The first kappa shape index (κ1) is 16.2. The molecule has 24 heavy (non-hydrogen) atoms. The van der Waals surface area contributed by atoms with Gasteiger partial charge in [-0.25, -0.2) is 0 Å². The molecule has 0 unspecified atom stereocenters. The molecule has 4 fully saturated rings. The number of amides is 2. The number of allylic oxidation sites excluding steroid dienone is 2. The van der Waals surface area contributed by atoms with Crippen molar-refractivity contribution in [1.29, 1.82) is 0 Å². The summed E-state index contributed by atoms with van der Waals surface area (Å²) in [5.74, 6) is -2.39. The zero-order valence-electron chi connectivity index (χ0n) is 12.5. The minimum absolute atomic E-state index is 0.234. The third kappa shape index (κ3) is 1.47. The van der Waals surface area contributed by atoms with E-state index in [2.05, 4.69) is 0 Å². The molecular weight excluding hydrogens is 400 g/mol. The highest BCUT2D eigenvalue weighted by Crippen LogP contribution is 2.75. The summed E-state index contributed by atoms with van der Waals surface area (Å²) in [4.78, 5) is 28.7. The largest absolute Gasteiger partial charge is 0.373 e. The van der Waals surface area contributed by atoms with Gasteiger partial charge >= 0.3 is 0 Å². The van der Waals surface area contributed by atoms with E-state index in [1.165, 1.54) is 0 Å². The standard InChI is InChI=1S/C15H13Cl4NO4/c1-2-23-20-12(21)4-5(13(20)22)9-7-6(8(4)24-9)14(18)3-15(7,19)11(17)10(14)16/h4-9H,2-3H2,1H3/t4-,5+,6-,7-,8+,9-,14+,15+/m1/s1. The summed E-state index contributed by atoms with van der Waals surface area (Å²) in [5, 5.41) is 1.56. The second-order valence-electron chi connectivity index (χ2n) is 7.09. The molecule has 4 bridgehead atoms. The topological polar surface area (TPSA) is 55.8 Å². The van der Waals surface area contributed by atoms with Crippen LogP contribution in [0.25, 0.3) is 0 Å². The van der Waals surface area contributed by atoms with Crippen molar-refractivity contribution in [1.82, 2.24) is 5.06 Å². The van der Waals surface area contributed by atoms with Gasteiger partial charge in [0.2, 0.25) is 0 Å². The predicted octanol–water partition coefficient (Wildman–Crippen LogP) is 2.61. The summed E-state index contributed by atoms with van der Waals surface area (Å²) in [6.45, 7) is 1.96. The Labute approximate surface area is 158 Å². The lowest BCUT2D eigenvalue weighted by molar-refractivity contribution is -0.191. The first-order valence-corrected chi connectivity index (χ1v) is 9.38. The summed E-state index contributed by atoms with van der Waals surface area (Å²) in [7, 11) is 0. The fourth-order valence-electron chi connectivity index (χ4n) is 5.52. The molecular formula is C15H13Cl4NO4. The number of hydrogen-bond acceptors (Lipinski definition) is 4. The lowest BCUT2D eigenvalue weighted by Gasteiger charge is -2.40. The molecule has 3 aliphatic heterocycles. The fraction of sp³-hybridized carbons (Fsp3) is 0.733. The molecule has 5 nitrogen and oxygen atoms in total. The van der Waals surface area contributed by atoms with Crippen molar-refractivity contribution in [3.05, 3.63) is 10.1 Å². The van der Waals surface area contributed by atoms with E-state index in [0.29, 0.717) is 16.5 Å². The number of hydroxylamine groups is 2. The molecule has 0 N–H and O–H groups in total. The molecule has 5 rings (SSSR count). The van der Waals surface area contributed by atoms with E-state index < -0.39 is 33.8 Å². The Kier molecular flexibility index (Phi) is 3.11. The second-order valence-corrected chi connectivity index (χ2v) is 9.19. The smallest absolute Gasteiger partial charge is 0.260 e. The first-order chi connectivity index (χ1) is 11.3. The van der Waals surface area contributed by atoms with Gasteiger partial charge < -0.3 is 4.74 Å². The van der Waals surface area contributed by atoms with Crippen molar-refractivity contribution in [3.8, 4) is 0 Å². The van der Waals surface area contributed by atoms with Crippen LogP contribution < -0.4 is 0 Å². The molecule has 130 valence electrons. The van der Waals surface area contributed by atoms with Crippen molar-refractivity contribution in [2.45, 2.75) is 35.3 Å². The van der Waals surface area contributed by atoms with Gasteiger partial charge in [-0.3, -0.25) is 14.4 Å². The summed E-state index contributed by atoms with van der Waals surface area (Å²) in [5.41, 5.74) is 0. The van der Waals surface area contributed by atoms with E-state index in [0.717, 1.165) is 5.06 Å². The Morgan fingerprint density at radius 1 is 1.08 bits per heavy atom. The Hall–Kier alpha value is -0.0400. The normalized spacial score (nSPS) is 54.3. The summed E-state index contributed by atoms with van der Waals surface area (Å²) in [6.07, 6.45) is -0.601. The van der Waals surface area contributed by atoms with Gasteiger partial charge in [-0.15, -0.1) is 23.2 Å². The van der Waals surface area contributed by atoms with Crippen LogP contribution in [-0.4, -0.2) is 45.4 Å². The maximum absolute atomic E-state index is 12.7. The van der Waals surface area contributed by atoms with Gasteiger partial charge in [0.05, 0.1) is 50.5 Å². The SMILES string of the molecule is CCON1C(=O)[C@@H]2[C@H]3O[C@@H]([C@@H]2C1=O)[C@H]1[C@H]3[C@@]2(Cl)C[C@@]1(Cl)C(Cl)=C2Cl. The Morgan fingerprint density at radius 2 is 1.54 bits per heavy atom. The van der Waals surface area contributed by atoms with Crippen LogP contribution >= 0.6 is 46.4 Å². The predicted molar refractivity (Wildman–Crippen MR) is 86.6 cm³/mol. The number of imide groups is 1. The average Bonchev–Trinajstić information content (AvgIpc) is 3.25. The zero-order chi connectivity index (χ0) is 17.2. The summed E-state index contributed by atoms with van der Waals surface area (Å²) in [6, 6.07) is 0. The van der Waals surface area contributed by atoms with Gasteiger partial charge in [-0.1, -0.05) is 23.2 Å². The number of rotatable bonds is 2. The summed E-state index contributed by atoms with van der Waals surface area (Å²) < 4.78 is 6.04. The molecule has 0 aromatic rings. The van der Waals surface area contributed by atoms with Crippen LogP contribution in [-0.2, 0) is 19.2 Å². The molecule has 9 heteroatoms. The minimum Gasteiger partial charge on any atom is -0.373 e. The molecule has 2 amide bonds. The molecule has 3 saturated heterocycles. The number of ether oxygens (including phenoxy) is 1. The number of alkyl halides is 2. The van der Waals surface area contributed by atoms with Crippen LogP contribution in [0.2, 0.25) is 0 Å². The van der Waals surface area contributed by atoms with E-state index in [-0.39, 0.29) is 30.3 Å². The Balaban J connectivity index is 1.61. The molecule has 5 aliphatic rings. The van der Waals surface area contributed by atoms with Crippen LogP contribution in [0.15, 0.2) is 10.1 Å². The number of nitrogens with zero attached hydrogens (tertiary/aromatic N) is 1. The highest BCUT2D eigenvalue weighted by atomic mass is 35.5. The van der Waals surface area contributed by atoms with E-state index in [4.69, 9.17) is 56.0 Å². The third-order valence-corrected chi connectivity index (χ3v) is 8.72. The Bertz CT molecular complexity index is 674. The van der Waals surface area contributed by atoms with Crippen molar-refractivity contribution in [2.24, 2.45) is 23.7 Å². The van der Waals surface area contributed by atoms with Crippen LogP contribution in [0.5, 0.6) is 0 Å². The quantitative estimate of drug-likeness (QED) is 0.516. The number of hydrogen-bond donors (Lipinski definition) is 0. The highest BCUT2D eigenvalue weighted by Gasteiger charge is 2.82. The van der Waals surface area contributed by atoms with Gasteiger partial charge in [0.15, 0.2) is 0 Å². The number of halogens is 4. The number of carbonyl (C=O) groups excluding carboxylic acids is 2. The maximum atomic E-state index is 12.7. The Morgan fingerprint density at radius 3 is 1.96 bits per heavy atom. The van der Waals surface area contributed by atoms with E-state index in [1.54, 1.807) is 6.92 Å². The lowest BCUT2D eigenvalue weighted by atomic mass is 9.65.